The molecule has 0 bridgehead atoms. The highest BCUT2D eigenvalue weighted by Gasteiger charge is 2.14. The van der Waals surface area contributed by atoms with Gasteiger partial charge < -0.3 is 10.3 Å². The van der Waals surface area contributed by atoms with Gasteiger partial charge in [-0.15, -0.1) is 0 Å². The monoisotopic (exact) mass is 395 g/mol. The molecule has 0 aliphatic carbocycles. The Balaban J connectivity index is 1.46. The lowest BCUT2D eigenvalue weighted by molar-refractivity contribution is 0.0949. The van der Waals surface area contributed by atoms with Gasteiger partial charge in [-0.05, 0) is 55.3 Å². The number of fused-ring (bicyclic) bond motifs is 1. The Hall–Kier alpha value is -2.63. The number of H-pyrrole nitrogens is 1. The smallest absolute Gasteiger partial charge is 0.257 e. The van der Waals surface area contributed by atoms with Crippen molar-refractivity contribution >= 4 is 28.4 Å². The molecule has 2 N–H and O–H groups in total. The molecule has 6 heteroatoms. The number of carbonyl (C=O) groups is 1. The largest absolute Gasteiger partial charge is 0.360 e. The Kier molecular flexibility index (Phi) is 5.46. The van der Waals surface area contributed by atoms with E-state index in [2.05, 4.69) is 27.3 Å². The van der Waals surface area contributed by atoms with Crippen LogP contribution < -0.4 is 10.7 Å². The summed E-state index contributed by atoms with van der Waals surface area (Å²) in [6, 6.07) is 13.2. The Morgan fingerprint density at radius 1 is 1.11 bits per heavy atom. The molecule has 5 nitrogen and oxygen atoms in total. The highest BCUT2D eigenvalue weighted by Crippen LogP contribution is 2.16. The molecule has 1 fully saturated rings. The molecule has 1 aromatic heterocycles. The zero-order chi connectivity index (χ0) is 19.5. The maximum Gasteiger partial charge on any atom is 0.257 e. The highest BCUT2D eigenvalue weighted by molar-refractivity contribution is 6.31. The number of carbonyl (C=O) groups excluding carboxylic acids is 1. The molecule has 0 spiro atoms. The molecule has 0 saturated carbocycles. The average molecular weight is 396 g/mol. The summed E-state index contributed by atoms with van der Waals surface area (Å²) in [5, 5.41) is 3.72. The average Bonchev–Trinajstić information content (AvgIpc) is 3.20. The minimum absolute atomic E-state index is 0.0861. The second kappa shape index (κ2) is 8.17. The maximum absolute atomic E-state index is 12.6. The van der Waals surface area contributed by atoms with E-state index in [1.807, 2.05) is 12.1 Å². The van der Waals surface area contributed by atoms with Crippen LogP contribution >= 0.6 is 11.6 Å². The number of nitrogens with zero attached hydrogens (tertiary/aromatic N) is 1. The third-order valence-corrected chi connectivity index (χ3v) is 5.37. The molecule has 0 radical (unpaired) electrons. The van der Waals surface area contributed by atoms with Crippen LogP contribution in [0.5, 0.6) is 0 Å². The number of benzene rings is 2. The summed E-state index contributed by atoms with van der Waals surface area (Å²) < 4.78 is 0. The summed E-state index contributed by atoms with van der Waals surface area (Å²) in [6.07, 6.45) is 3.99. The number of hydrogen-bond donors (Lipinski definition) is 2. The lowest BCUT2D eigenvalue weighted by Gasteiger charge is -2.15. The predicted molar refractivity (Wildman–Crippen MR) is 112 cm³/mol. The predicted octanol–water partition coefficient (Wildman–Crippen LogP) is 3.71. The van der Waals surface area contributed by atoms with Crippen LogP contribution in [0.4, 0.5) is 0 Å². The molecule has 28 heavy (non-hydrogen) atoms. The van der Waals surface area contributed by atoms with Gasteiger partial charge in [0.1, 0.15) is 5.56 Å². The van der Waals surface area contributed by atoms with E-state index < -0.39 is 5.91 Å². The number of pyridine rings is 1. The fourth-order valence-electron chi connectivity index (χ4n) is 3.67. The van der Waals surface area contributed by atoms with Gasteiger partial charge in [0.25, 0.3) is 5.91 Å². The minimum Gasteiger partial charge on any atom is -0.360 e. The van der Waals surface area contributed by atoms with E-state index in [1.54, 1.807) is 18.2 Å². The van der Waals surface area contributed by atoms with Gasteiger partial charge in [-0.2, -0.15) is 0 Å². The Labute approximate surface area is 168 Å². The van der Waals surface area contributed by atoms with Crippen molar-refractivity contribution in [2.24, 2.45) is 0 Å². The lowest BCUT2D eigenvalue weighted by Crippen LogP contribution is -2.28. The van der Waals surface area contributed by atoms with Gasteiger partial charge >= 0.3 is 0 Å². The van der Waals surface area contributed by atoms with Crippen LogP contribution in [0.15, 0.2) is 53.5 Å². The van der Waals surface area contributed by atoms with E-state index in [1.165, 1.54) is 24.6 Å². The van der Waals surface area contributed by atoms with Crippen molar-refractivity contribution in [3.8, 4) is 0 Å². The fourth-order valence-corrected chi connectivity index (χ4v) is 3.85. The van der Waals surface area contributed by atoms with E-state index in [4.69, 9.17) is 11.6 Å². The number of likely N-dealkylation sites (tertiary alicyclic amines) is 1. The molecule has 1 aliphatic rings. The molecule has 2 heterocycles. The molecule has 2 aromatic carbocycles. The molecular formula is C22H22ClN3O2. The first-order valence-electron chi connectivity index (χ1n) is 9.49. The second-order valence-corrected chi connectivity index (χ2v) is 7.64. The van der Waals surface area contributed by atoms with Gasteiger partial charge in [-0.25, -0.2) is 0 Å². The number of nitrogens with one attached hydrogen (secondary N) is 2. The van der Waals surface area contributed by atoms with Crippen molar-refractivity contribution in [2.75, 3.05) is 13.1 Å². The van der Waals surface area contributed by atoms with E-state index in [0.29, 0.717) is 22.5 Å². The van der Waals surface area contributed by atoms with Gasteiger partial charge in [0.2, 0.25) is 5.43 Å². The Bertz CT molecular complexity index is 1070. The third kappa shape index (κ3) is 4.11. The first-order chi connectivity index (χ1) is 13.6. The van der Waals surface area contributed by atoms with E-state index in [0.717, 1.165) is 25.2 Å². The second-order valence-electron chi connectivity index (χ2n) is 7.21. The van der Waals surface area contributed by atoms with Crippen molar-refractivity contribution in [1.82, 2.24) is 15.2 Å². The lowest BCUT2D eigenvalue weighted by atomic mass is 10.1. The topological polar surface area (TPSA) is 65.2 Å². The number of aromatic nitrogens is 1. The number of amides is 1. The summed E-state index contributed by atoms with van der Waals surface area (Å²) in [7, 11) is 0. The van der Waals surface area contributed by atoms with Gasteiger partial charge in [-0.3, -0.25) is 14.5 Å². The standard InChI is InChI=1S/C22H22ClN3O2/c23-17-6-7-20-18(11-17)21(27)19(13-24-20)22(28)25-12-15-4-3-5-16(10-15)14-26-8-1-2-9-26/h3-7,10-11,13H,1-2,8-9,12,14H2,(H,24,27)(H,25,28). The van der Waals surface area contributed by atoms with Gasteiger partial charge in [-0.1, -0.05) is 35.9 Å². The highest BCUT2D eigenvalue weighted by atomic mass is 35.5. The molecule has 1 saturated heterocycles. The number of rotatable bonds is 5. The fraction of sp³-hybridized carbons (Fsp3) is 0.273. The van der Waals surface area contributed by atoms with Gasteiger partial charge in [0.05, 0.1) is 0 Å². The van der Waals surface area contributed by atoms with Crippen molar-refractivity contribution in [3.05, 3.63) is 80.6 Å². The van der Waals surface area contributed by atoms with Crippen molar-refractivity contribution < 1.29 is 4.79 Å². The molecular weight excluding hydrogens is 374 g/mol. The normalized spacial score (nSPS) is 14.5. The summed E-state index contributed by atoms with van der Waals surface area (Å²) in [5.74, 6) is -0.395. The van der Waals surface area contributed by atoms with Crippen molar-refractivity contribution in [1.29, 1.82) is 0 Å². The molecule has 0 unspecified atom stereocenters. The quantitative estimate of drug-likeness (QED) is 0.692. The summed E-state index contributed by atoms with van der Waals surface area (Å²) in [5.41, 5.74) is 2.68. The maximum atomic E-state index is 12.6. The van der Waals surface area contributed by atoms with E-state index in [9.17, 15) is 9.59 Å². The Morgan fingerprint density at radius 2 is 1.89 bits per heavy atom. The van der Waals surface area contributed by atoms with Gasteiger partial charge in [0, 0.05) is 35.2 Å². The van der Waals surface area contributed by atoms with Crippen LogP contribution in [0.25, 0.3) is 10.9 Å². The zero-order valence-corrected chi connectivity index (χ0v) is 16.3. The third-order valence-electron chi connectivity index (χ3n) is 5.14. The summed E-state index contributed by atoms with van der Waals surface area (Å²) in [6.45, 7) is 3.61. The number of hydrogen-bond acceptors (Lipinski definition) is 3. The first-order valence-corrected chi connectivity index (χ1v) is 9.87. The summed E-state index contributed by atoms with van der Waals surface area (Å²) >= 11 is 5.98. The van der Waals surface area contributed by atoms with Crippen LogP contribution in [0.2, 0.25) is 5.02 Å². The zero-order valence-electron chi connectivity index (χ0n) is 15.5. The van der Waals surface area contributed by atoms with E-state index in [-0.39, 0.29) is 11.0 Å². The molecule has 1 aliphatic heterocycles. The van der Waals surface area contributed by atoms with Gasteiger partial charge in [0.15, 0.2) is 0 Å². The van der Waals surface area contributed by atoms with Crippen LogP contribution in [0, 0.1) is 0 Å². The number of halogens is 1. The Morgan fingerprint density at radius 3 is 2.71 bits per heavy atom. The molecule has 1 amide bonds. The van der Waals surface area contributed by atoms with Crippen LogP contribution in [-0.4, -0.2) is 28.9 Å². The van der Waals surface area contributed by atoms with Crippen molar-refractivity contribution in [2.45, 2.75) is 25.9 Å². The molecule has 144 valence electrons. The molecule has 4 rings (SSSR count). The molecule has 0 atom stereocenters. The van der Waals surface area contributed by atoms with Crippen LogP contribution in [0.3, 0.4) is 0 Å². The number of aromatic amines is 1. The first kappa shape index (κ1) is 18.7. The minimum atomic E-state index is -0.395. The summed E-state index contributed by atoms with van der Waals surface area (Å²) in [4.78, 5) is 30.6. The van der Waals surface area contributed by atoms with E-state index >= 15 is 0 Å². The van der Waals surface area contributed by atoms with Crippen LogP contribution in [0.1, 0.15) is 34.3 Å². The SMILES string of the molecule is O=C(NCc1cccc(CN2CCCC2)c1)c1c[nH]c2ccc(Cl)cc2c1=O. The molecule has 3 aromatic rings. The van der Waals surface area contributed by atoms with Crippen LogP contribution in [-0.2, 0) is 13.1 Å². The van der Waals surface area contributed by atoms with Crippen molar-refractivity contribution in [3.63, 3.8) is 0 Å².